The van der Waals surface area contributed by atoms with E-state index in [1.54, 1.807) is 7.11 Å². The molecule has 3 aromatic rings. The van der Waals surface area contributed by atoms with Crippen LogP contribution in [0.3, 0.4) is 0 Å². The summed E-state index contributed by atoms with van der Waals surface area (Å²) in [4.78, 5) is 18.0. The standard InChI is InChI=1S/C24H28ClN3O2/c1-30-20-6-7-23-21(14-20)22(15-27-23)18-9-12-28(13-10-18)16-24(29)26-11-8-17-2-4-19(25)5-3-17/h2-7,14-15,18,27H,8-13,16H2,1H3,(H,26,29). The summed E-state index contributed by atoms with van der Waals surface area (Å²) in [6.07, 6.45) is 5.06. The monoisotopic (exact) mass is 425 g/mol. The van der Waals surface area contributed by atoms with Gasteiger partial charge < -0.3 is 15.0 Å². The normalized spacial score (nSPS) is 15.4. The van der Waals surface area contributed by atoms with Crippen molar-refractivity contribution in [2.75, 3.05) is 33.3 Å². The Kier molecular flexibility index (Phi) is 6.60. The molecule has 0 unspecified atom stereocenters. The first kappa shape index (κ1) is 20.8. The molecule has 2 N–H and O–H groups in total. The predicted molar refractivity (Wildman–Crippen MR) is 121 cm³/mol. The van der Waals surface area contributed by atoms with Crippen molar-refractivity contribution in [2.45, 2.75) is 25.2 Å². The number of aromatic amines is 1. The van der Waals surface area contributed by atoms with E-state index in [0.29, 0.717) is 19.0 Å². The molecule has 0 atom stereocenters. The number of likely N-dealkylation sites (tertiary alicyclic amines) is 1. The molecule has 2 heterocycles. The largest absolute Gasteiger partial charge is 0.497 e. The Bertz CT molecular complexity index is 991. The molecule has 30 heavy (non-hydrogen) atoms. The number of H-pyrrole nitrogens is 1. The first-order valence-electron chi connectivity index (χ1n) is 10.5. The number of piperidine rings is 1. The molecule has 0 saturated carbocycles. The SMILES string of the molecule is COc1ccc2[nH]cc(C3CCN(CC(=O)NCCc4ccc(Cl)cc4)CC3)c2c1. The number of halogens is 1. The number of hydrogen-bond acceptors (Lipinski definition) is 3. The van der Waals surface area contributed by atoms with Gasteiger partial charge in [-0.15, -0.1) is 0 Å². The van der Waals surface area contributed by atoms with Crippen molar-refractivity contribution in [1.29, 1.82) is 0 Å². The Morgan fingerprint density at radius 3 is 2.70 bits per heavy atom. The number of carbonyl (C=O) groups is 1. The van der Waals surface area contributed by atoms with Crippen LogP contribution < -0.4 is 10.1 Å². The van der Waals surface area contributed by atoms with Gasteiger partial charge in [-0.2, -0.15) is 0 Å². The fourth-order valence-corrected chi connectivity index (χ4v) is 4.37. The minimum Gasteiger partial charge on any atom is -0.497 e. The van der Waals surface area contributed by atoms with E-state index in [1.165, 1.54) is 16.5 Å². The Hall–Kier alpha value is -2.50. The zero-order valence-electron chi connectivity index (χ0n) is 17.3. The molecule has 6 heteroatoms. The summed E-state index contributed by atoms with van der Waals surface area (Å²) in [6.45, 7) is 2.99. The fourth-order valence-electron chi connectivity index (χ4n) is 4.24. The third-order valence-electron chi connectivity index (χ3n) is 5.96. The summed E-state index contributed by atoms with van der Waals surface area (Å²) in [5.41, 5.74) is 3.68. The number of ether oxygens (including phenoxy) is 1. The molecule has 0 aliphatic carbocycles. The number of carbonyl (C=O) groups excluding carboxylic acids is 1. The maximum atomic E-state index is 12.3. The molecule has 1 aliphatic rings. The summed E-state index contributed by atoms with van der Waals surface area (Å²) in [6, 6.07) is 13.9. The molecule has 5 nitrogen and oxygen atoms in total. The van der Waals surface area contributed by atoms with Crippen LogP contribution in [0.2, 0.25) is 5.02 Å². The maximum Gasteiger partial charge on any atom is 0.234 e. The van der Waals surface area contributed by atoms with Crippen molar-refractivity contribution in [1.82, 2.24) is 15.2 Å². The van der Waals surface area contributed by atoms with Crippen molar-refractivity contribution in [3.8, 4) is 5.75 Å². The van der Waals surface area contributed by atoms with Gasteiger partial charge in [0.05, 0.1) is 13.7 Å². The van der Waals surface area contributed by atoms with E-state index in [2.05, 4.69) is 33.5 Å². The van der Waals surface area contributed by atoms with E-state index in [9.17, 15) is 4.79 Å². The van der Waals surface area contributed by atoms with Crippen molar-refractivity contribution >= 4 is 28.4 Å². The molecule has 0 bridgehead atoms. The van der Waals surface area contributed by atoms with Crippen molar-refractivity contribution in [2.24, 2.45) is 0 Å². The molecule has 1 aliphatic heterocycles. The molecule has 2 aromatic carbocycles. The lowest BCUT2D eigenvalue weighted by atomic mass is 9.89. The van der Waals surface area contributed by atoms with Crippen LogP contribution >= 0.6 is 11.6 Å². The summed E-state index contributed by atoms with van der Waals surface area (Å²) in [5.74, 6) is 1.49. The molecule has 158 valence electrons. The highest BCUT2D eigenvalue weighted by Crippen LogP contribution is 2.34. The molecule has 0 spiro atoms. The first-order chi connectivity index (χ1) is 14.6. The Morgan fingerprint density at radius 2 is 1.97 bits per heavy atom. The van der Waals surface area contributed by atoms with E-state index in [1.807, 2.05) is 30.3 Å². The van der Waals surface area contributed by atoms with Gasteiger partial charge in [-0.1, -0.05) is 23.7 Å². The summed E-state index contributed by atoms with van der Waals surface area (Å²) in [5, 5.41) is 5.01. The molecule has 1 fully saturated rings. The number of rotatable bonds is 7. The molecule has 1 amide bonds. The van der Waals surface area contributed by atoms with E-state index in [4.69, 9.17) is 16.3 Å². The summed E-state index contributed by atoms with van der Waals surface area (Å²) >= 11 is 5.91. The molecular weight excluding hydrogens is 398 g/mol. The second-order valence-electron chi connectivity index (χ2n) is 7.93. The van der Waals surface area contributed by atoms with E-state index in [0.717, 1.165) is 48.6 Å². The quantitative estimate of drug-likeness (QED) is 0.591. The van der Waals surface area contributed by atoms with E-state index in [-0.39, 0.29) is 5.91 Å². The minimum atomic E-state index is 0.0965. The lowest BCUT2D eigenvalue weighted by molar-refractivity contribution is -0.122. The van der Waals surface area contributed by atoms with Crippen LogP contribution in [0.4, 0.5) is 0 Å². The van der Waals surface area contributed by atoms with E-state index >= 15 is 0 Å². The first-order valence-corrected chi connectivity index (χ1v) is 10.9. The number of nitrogens with zero attached hydrogens (tertiary/aromatic N) is 1. The van der Waals surface area contributed by atoms with Crippen LogP contribution in [0.15, 0.2) is 48.7 Å². The lowest BCUT2D eigenvalue weighted by Crippen LogP contribution is -2.41. The Labute approximate surface area is 182 Å². The van der Waals surface area contributed by atoms with Gasteiger partial charge in [0.25, 0.3) is 0 Å². The highest BCUT2D eigenvalue weighted by molar-refractivity contribution is 6.30. The van der Waals surface area contributed by atoms with Crippen LogP contribution in [0.1, 0.15) is 29.9 Å². The second kappa shape index (κ2) is 9.54. The van der Waals surface area contributed by atoms with Gasteiger partial charge in [-0.25, -0.2) is 0 Å². The second-order valence-corrected chi connectivity index (χ2v) is 8.37. The number of amides is 1. The van der Waals surface area contributed by atoms with Gasteiger partial charge in [0.1, 0.15) is 5.75 Å². The van der Waals surface area contributed by atoms with Gasteiger partial charge in [-0.05, 0) is 79.7 Å². The van der Waals surface area contributed by atoms with Crippen molar-refractivity contribution in [3.05, 3.63) is 64.8 Å². The number of benzene rings is 2. The fraction of sp³-hybridized carbons (Fsp3) is 0.375. The molecule has 1 saturated heterocycles. The highest BCUT2D eigenvalue weighted by Gasteiger charge is 2.24. The Balaban J connectivity index is 1.24. The third kappa shape index (κ3) is 4.97. The molecule has 1 aromatic heterocycles. The van der Waals surface area contributed by atoms with Gasteiger partial charge >= 0.3 is 0 Å². The maximum absolute atomic E-state index is 12.3. The highest BCUT2D eigenvalue weighted by atomic mass is 35.5. The number of hydrogen-bond donors (Lipinski definition) is 2. The summed E-state index contributed by atoms with van der Waals surface area (Å²) < 4.78 is 5.39. The van der Waals surface area contributed by atoms with Gasteiger partial charge in [0.2, 0.25) is 5.91 Å². The average molecular weight is 426 g/mol. The van der Waals surface area contributed by atoms with Crippen LogP contribution in [0, 0.1) is 0 Å². The average Bonchev–Trinajstić information content (AvgIpc) is 3.19. The Morgan fingerprint density at radius 1 is 1.20 bits per heavy atom. The zero-order valence-corrected chi connectivity index (χ0v) is 18.0. The smallest absolute Gasteiger partial charge is 0.234 e. The number of nitrogens with one attached hydrogen (secondary N) is 2. The van der Waals surface area contributed by atoms with Crippen LogP contribution in [-0.2, 0) is 11.2 Å². The topological polar surface area (TPSA) is 57.4 Å². The van der Waals surface area contributed by atoms with E-state index < -0.39 is 0 Å². The van der Waals surface area contributed by atoms with Gasteiger partial charge in [-0.3, -0.25) is 9.69 Å². The summed E-state index contributed by atoms with van der Waals surface area (Å²) in [7, 11) is 1.70. The van der Waals surface area contributed by atoms with Gasteiger partial charge in [0.15, 0.2) is 0 Å². The number of methoxy groups -OCH3 is 1. The zero-order chi connectivity index (χ0) is 20.9. The predicted octanol–water partition coefficient (Wildman–Crippen LogP) is 4.37. The number of aromatic nitrogens is 1. The van der Waals surface area contributed by atoms with Crippen molar-refractivity contribution < 1.29 is 9.53 Å². The third-order valence-corrected chi connectivity index (χ3v) is 6.22. The molecule has 4 rings (SSSR count). The van der Waals surface area contributed by atoms with Crippen LogP contribution in [0.25, 0.3) is 10.9 Å². The molecular formula is C24H28ClN3O2. The minimum absolute atomic E-state index is 0.0965. The van der Waals surface area contributed by atoms with Crippen LogP contribution in [0.5, 0.6) is 5.75 Å². The van der Waals surface area contributed by atoms with Crippen LogP contribution in [-0.4, -0.2) is 49.1 Å². The van der Waals surface area contributed by atoms with Gasteiger partial charge in [0, 0.05) is 28.7 Å². The number of fused-ring (bicyclic) bond motifs is 1. The van der Waals surface area contributed by atoms with Crippen molar-refractivity contribution in [3.63, 3.8) is 0 Å². The molecule has 0 radical (unpaired) electrons. The lowest BCUT2D eigenvalue weighted by Gasteiger charge is -2.31.